The predicted octanol–water partition coefficient (Wildman–Crippen LogP) is 3.31. The number of hydrogen-bond acceptors (Lipinski definition) is 3. The third kappa shape index (κ3) is 2.73. The number of benzene rings is 1. The van der Waals surface area contributed by atoms with Gasteiger partial charge in [-0.1, -0.05) is 11.6 Å². The molecular weight excluding hydrogens is 328 g/mol. The average Bonchev–Trinajstić information content (AvgIpc) is 3.29. The van der Waals surface area contributed by atoms with Crippen molar-refractivity contribution in [3.05, 3.63) is 40.5 Å². The van der Waals surface area contributed by atoms with Crippen molar-refractivity contribution in [2.75, 3.05) is 13.1 Å². The van der Waals surface area contributed by atoms with Crippen LogP contribution >= 0.6 is 11.6 Å². The second kappa shape index (κ2) is 5.74. The fourth-order valence-electron chi connectivity index (χ4n) is 3.30. The van der Waals surface area contributed by atoms with Crippen LogP contribution in [0.15, 0.2) is 24.3 Å². The second-order valence-corrected chi connectivity index (χ2v) is 7.04. The van der Waals surface area contributed by atoms with Gasteiger partial charge in [-0.25, -0.2) is 0 Å². The molecule has 0 spiro atoms. The monoisotopic (exact) mass is 344 g/mol. The zero-order valence-corrected chi connectivity index (χ0v) is 13.8. The molecule has 2 aliphatic rings. The normalized spacial score (nSPS) is 20.5. The Morgan fingerprint density at radius 3 is 2.67 bits per heavy atom. The number of carboxylic acid groups (broad SMARTS) is 1. The lowest BCUT2D eigenvalue weighted by Crippen LogP contribution is -2.30. The van der Waals surface area contributed by atoms with Crippen molar-refractivity contribution in [1.82, 2.24) is 9.88 Å². The highest BCUT2D eigenvalue weighted by Gasteiger charge is 2.33. The van der Waals surface area contributed by atoms with E-state index in [0.29, 0.717) is 29.5 Å². The number of fused-ring (bicyclic) bond motifs is 1. The van der Waals surface area contributed by atoms with Crippen molar-refractivity contribution in [2.24, 2.45) is 5.92 Å². The number of likely N-dealkylation sites (tertiary alicyclic amines) is 1. The first-order valence-electron chi connectivity index (χ1n) is 8.15. The van der Waals surface area contributed by atoms with Gasteiger partial charge in [0, 0.05) is 35.1 Å². The van der Waals surface area contributed by atoms with Crippen molar-refractivity contribution < 1.29 is 14.7 Å². The molecule has 2 fully saturated rings. The summed E-state index contributed by atoms with van der Waals surface area (Å²) in [6.07, 6.45) is 2.70. The van der Waals surface area contributed by atoms with E-state index >= 15 is 0 Å². The molecule has 1 aromatic heterocycles. The van der Waals surface area contributed by atoms with Gasteiger partial charge in [0.15, 0.2) is 0 Å². The minimum absolute atomic E-state index is 0.129. The predicted molar refractivity (Wildman–Crippen MR) is 90.4 cm³/mol. The third-order valence-electron chi connectivity index (χ3n) is 4.84. The first-order chi connectivity index (χ1) is 11.5. The molecule has 2 aromatic rings. The zero-order chi connectivity index (χ0) is 16.8. The van der Waals surface area contributed by atoms with E-state index in [4.69, 9.17) is 16.7 Å². The van der Waals surface area contributed by atoms with Gasteiger partial charge in [-0.2, -0.15) is 0 Å². The number of aromatic nitrogens is 1. The molecule has 1 aliphatic heterocycles. The van der Waals surface area contributed by atoms with Crippen molar-refractivity contribution in [3.63, 3.8) is 0 Å². The fourth-order valence-corrected chi connectivity index (χ4v) is 3.47. The van der Waals surface area contributed by atoms with E-state index in [9.17, 15) is 9.59 Å². The van der Waals surface area contributed by atoms with Crippen LogP contribution < -0.4 is 0 Å². The van der Waals surface area contributed by atoms with Crippen LogP contribution in [0.25, 0.3) is 10.9 Å². The van der Waals surface area contributed by atoms with Gasteiger partial charge >= 0.3 is 5.97 Å². The first kappa shape index (κ1) is 15.4. The highest BCUT2D eigenvalue weighted by atomic mass is 35.5. The van der Waals surface area contributed by atoms with Crippen molar-refractivity contribution in [2.45, 2.75) is 25.2 Å². The maximum atomic E-state index is 13.0. The van der Waals surface area contributed by atoms with Crippen molar-refractivity contribution in [1.29, 1.82) is 0 Å². The summed E-state index contributed by atoms with van der Waals surface area (Å²) in [6.45, 7) is 0.732. The lowest BCUT2D eigenvalue weighted by atomic mass is 10.0. The summed E-state index contributed by atoms with van der Waals surface area (Å²) in [5, 5.41) is 10.4. The van der Waals surface area contributed by atoms with Crippen LogP contribution in [0.5, 0.6) is 0 Å². The molecule has 4 rings (SSSR count). The summed E-state index contributed by atoms with van der Waals surface area (Å²) in [7, 11) is 0. The Kier molecular flexibility index (Phi) is 3.68. The van der Waals surface area contributed by atoms with Crippen LogP contribution in [0.4, 0.5) is 0 Å². The lowest BCUT2D eigenvalue weighted by molar-refractivity contribution is -0.141. The smallest absolute Gasteiger partial charge is 0.308 e. The Bertz CT molecular complexity index is 848. The topological polar surface area (TPSA) is 70.5 Å². The van der Waals surface area contributed by atoms with E-state index in [2.05, 4.69) is 4.98 Å². The lowest BCUT2D eigenvalue weighted by Gasteiger charge is -2.18. The highest BCUT2D eigenvalue weighted by molar-refractivity contribution is 6.31. The van der Waals surface area contributed by atoms with E-state index in [1.165, 1.54) is 0 Å². The molecule has 0 unspecified atom stereocenters. The van der Waals surface area contributed by atoms with Crippen LogP contribution in [0.3, 0.4) is 0 Å². The number of carbonyl (C=O) groups is 2. The van der Waals surface area contributed by atoms with Gasteiger partial charge in [0.05, 0.1) is 17.0 Å². The molecule has 0 radical (unpaired) electrons. The number of pyridine rings is 1. The standard InChI is InChI=1S/C18H17ClN2O3/c19-12-3-4-15-13(7-12)14(8-16(20-15)10-1-2-10)17(22)21-6-5-11(9-21)18(23)24/h3-4,7-8,10-11H,1-2,5-6,9H2,(H,23,24)/t11-/m0/s1. The van der Waals surface area contributed by atoms with Gasteiger partial charge in [0.1, 0.15) is 0 Å². The summed E-state index contributed by atoms with van der Waals surface area (Å²) in [4.78, 5) is 30.4. The van der Waals surface area contributed by atoms with Crippen LogP contribution in [-0.4, -0.2) is 40.0 Å². The fraction of sp³-hybridized carbons (Fsp3) is 0.389. The number of aliphatic carboxylic acids is 1. The molecule has 1 N–H and O–H groups in total. The Hall–Kier alpha value is -2.14. The highest BCUT2D eigenvalue weighted by Crippen LogP contribution is 2.40. The molecule has 124 valence electrons. The molecule has 1 amide bonds. The van der Waals surface area contributed by atoms with Gasteiger partial charge in [0.25, 0.3) is 5.91 Å². The molecule has 5 nitrogen and oxygen atoms in total. The van der Waals surface area contributed by atoms with Gasteiger partial charge in [0.2, 0.25) is 0 Å². The molecule has 1 atom stereocenters. The van der Waals surface area contributed by atoms with Crippen LogP contribution in [0.2, 0.25) is 5.02 Å². The van der Waals surface area contributed by atoms with E-state index in [0.717, 1.165) is 29.4 Å². The summed E-state index contributed by atoms with van der Waals surface area (Å²) < 4.78 is 0. The van der Waals surface area contributed by atoms with E-state index < -0.39 is 11.9 Å². The minimum Gasteiger partial charge on any atom is -0.481 e. The van der Waals surface area contributed by atoms with E-state index in [-0.39, 0.29) is 12.5 Å². The van der Waals surface area contributed by atoms with Gasteiger partial charge in [-0.3, -0.25) is 14.6 Å². The average molecular weight is 345 g/mol. The number of hydrogen-bond donors (Lipinski definition) is 1. The number of rotatable bonds is 3. The molecular formula is C18H17ClN2O3. The van der Waals surface area contributed by atoms with Crippen LogP contribution in [-0.2, 0) is 4.79 Å². The molecule has 1 saturated carbocycles. The maximum absolute atomic E-state index is 13.0. The number of nitrogens with zero attached hydrogens (tertiary/aromatic N) is 2. The van der Waals surface area contributed by atoms with E-state index in [1.807, 2.05) is 12.1 Å². The molecule has 6 heteroatoms. The quantitative estimate of drug-likeness (QED) is 0.927. The summed E-state index contributed by atoms with van der Waals surface area (Å²) in [6, 6.07) is 7.24. The third-order valence-corrected chi connectivity index (χ3v) is 5.08. The first-order valence-corrected chi connectivity index (χ1v) is 8.53. The molecule has 1 aromatic carbocycles. The van der Waals surface area contributed by atoms with Crippen LogP contribution in [0, 0.1) is 5.92 Å². The van der Waals surface area contributed by atoms with Gasteiger partial charge in [-0.15, -0.1) is 0 Å². The Morgan fingerprint density at radius 2 is 2.00 bits per heavy atom. The number of amides is 1. The summed E-state index contributed by atoms with van der Waals surface area (Å²) in [5.41, 5.74) is 2.29. The van der Waals surface area contributed by atoms with Crippen molar-refractivity contribution in [3.8, 4) is 0 Å². The Balaban J connectivity index is 1.75. The number of halogens is 1. The number of carboxylic acids is 1. The molecule has 1 aliphatic carbocycles. The molecule has 0 bridgehead atoms. The number of carbonyl (C=O) groups excluding carboxylic acids is 1. The molecule has 24 heavy (non-hydrogen) atoms. The second-order valence-electron chi connectivity index (χ2n) is 6.61. The largest absolute Gasteiger partial charge is 0.481 e. The van der Waals surface area contributed by atoms with Gasteiger partial charge in [-0.05, 0) is 43.5 Å². The molecule has 2 heterocycles. The SMILES string of the molecule is O=C(O)[C@H]1CCN(C(=O)c2cc(C3CC3)nc3ccc(Cl)cc23)C1. The van der Waals surface area contributed by atoms with Crippen molar-refractivity contribution >= 4 is 34.4 Å². The zero-order valence-electron chi connectivity index (χ0n) is 13.0. The Labute approximate surface area is 144 Å². The minimum atomic E-state index is -0.841. The van der Waals surface area contributed by atoms with Crippen LogP contribution in [0.1, 0.15) is 41.2 Å². The van der Waals surface area contributed by atoms with Gasteiger partial charge < -0.3 is 10.0 Å². The van der Waals surface area contributed by atoms with E-state index in [1.54, 1.807) is 17.0 Å². The summed E-state index contributed by atoms with van der Waals surface area (Å²) in [5.74, 6) is -1.02. The summed E-state index contributed by atoms with van der Waals surface area (Å²) >= 11 is 6.10. The Morgan fingerprint density at radius 1 is 1.21 bits per heavy atom. The molecule has 1 saturated heterocycles. The maximum Gasteiger partial charge on any atom is 0.308 e.